The molecule has 1 amide bonds. The van der Waals surface area contributed by atoms with Gasteiger partial charge in [-0.25, -0.2) is 5.43 Å². The number of benzene rings is 2. The van der Waals surface area contributed by atoms with Gasteiger partial charge in [-0.3, -0.25) is 4.79 Å². The van der Waals surface area contributed by atoms with Crippen LogP contribution in [-0.4, -0.2) is 18.7 Å². The number of rotatable bonds is 4. The standard InChI is InChI=1S/C16H15BrN2O2/c1-11(12-5-3-7-14(17)9-12)18-19-16(20)13-6-4-8-15(10-13)21-2/h3-10H,1-2H3,(H,19,20)/b18-11-. The molecule has 0 heterocycles. The highest BCUT2D eigenvalue weighted by atomic mass is 79.9. The second-order valence-corrected chi connectivity index (χ2v) is 5.30. The summed E-state index contributed by atoms with van der Waals surface area (Å²) >= 11 is 3.41. The molecule has 0 aromatic heterocycles. The van der Waals surface area contributed by atoms with Crippen LogP contribution in [0, 0.1) is 0 Å². The van der Waals surface area contributed by atoms with Gasteiger partial charge in [-0.15, -0.1) is 0 Å². The molecule has 0 aliphatic rings. The summed E-state index contributed by atoms with van der Waals surface area (Å²) < 4.78 is 6.06. The van der Waals surface area contributed by atoms with E-state index in [1.54, 1.807) is 31.4 Å². The minimum atomic E-state index is -0.275. The first kappa shape index (κ1) is 15.3. The van der Waals surface area contributed by atoms with Gasteiger partial charge in [-0.05, 0) is 42.8 Å². The SMILES string of the molecule is COc1cccc(C(=O)N/N=C(/C)c2cccc(Br)c2)c1. The third-order valence-electron chi connectivity index (χ3n) is 2.90. The highest BCUT2D eigenvalue weighted by Gasteiger charge is 2.06. The summed E-state index contributed by atoms with van der Waals surface area (Å²) in [7, 11) is 1.56. The quantitative estimate of drug-likeness (QED) is 0.679. The number of hydrazone groups is 1. The van der Waals surface area contributed by atoms with E-state index in [2.05, 4.69) is 26.5 Å². The molecule has 2 rings (SSSR count). The molecule has 0 saturated carbocycles. The van der Waals surface area contributed by atoms with Crippen LogP contribution in [0.4, 0.5) is 0 Å². The maximum absolute atomic E-state index is 12.0. The maximum atomic E-state index is 12.0. The van der Waals surface area contributed by atoms with E-state index < -0.39 is 0 Å². The summed E-state index contributed by atoms with van der Waals surface area (Å²) in [5.74, 6) is 0.360. The van der Waals surface area contributed by atoms with Crippen molar-refractivity contribution in [3.8, 4) is 5.75 Å². The lowest BCUT2D eigenvalue weighted by Crippen LogP contribution is -2.19. The first-order chi connectivity index (χ1) is 10.1. The van der Waals surface area contributed by atoms with Crippen LogP contribution in [0.3, 0.4) is 0 Å². The molecule has 0 radical (unpaired) electrons. The van der Waals surface area contributed by atoms with Crippen molar-refractivity contribution in [3.63, 3.8) is 0 Å². The van der Waals surface area contributed by atoms with Gasteiger partial charge in [-0.2, -0.15) is 5.10 Å². The molecule has 0 aliphatic heterocycles. The minimum absolute atomic E-state index is 0.275. The van der Waals surface area contributed by atoms with E-state index in [1.165, 1.54) is 0 Å². The van der Waals surface area contributed by atoms with Gasteiger partial charge < -0.3 is 4.74 Å². The van der Waals surface area contributed by atoms with Crippen molar-refractivity contribution in [1.29, 1.82) is 0 Å². The normalized spacial score (nSPS) is 11.1. The highest BCUT2D eigenvalue weighted by Crippen LogP contribution is 2.13. The summed E-state index contributed by atoms with van der Waals surface area (Å²) in [6.45, 7) is 1.84. The number of methoxy groups -OCH3 is 1. The molecular formula is C16H15BrN2O2. The molecule has 0 saturated heterocycles. The van der Waals surface area contributed by atoms with Gasteiger partial charge in [0, 0.05) is 10.0 Å². The van der Waals surface area contributed by atoms with Crippen molar-refractivity contribution >= 4 is 27.5 Å². The van der Waals surface area contributed by atoms with Crippen molar-refractivity contribution in [2.45, 2.75) is 6.92 Å². The molecule has 2 aromatic carbocycles. The topological polar surface area (TPSA) is 50.7 Å². The molecule has 1 N–H and O–H groups in total. The second-order valence-electron chi connectivity index (χ2n) is 4.38. The van der Waals surface area contributed by atoms with Gasteiger partial charge >= 0.3 is 0 Å². The van der Waals surface area contributed by atoms with Crippen LogP contribution in [0.2, 0.25) is 0 Å². The number of ether oxygens (including phenoxy) is 1. The van der Waals surface area contributed by atoms with Crippen molar-refractivity contribution < 1.29 is 9.53 Å². The lowest BCUT2D eigenvalue weighted by molar-refractivity contribution is 0.0954. The Morgan fingerprint density at radius 1 is 1.14 bits per heavy atom. The lowest BCUT2D eigenvalue weighted by Gasteiger charge is -2.05. The Kier molecular flexibility index (Phi) is 5.11. The molecule has 2 aromatic rings. The molecule has 0 bridgehead atoms. The van der Waals surface area contributed by atoms with Crippen LogP contribution >= 0.6 is 15.9 Å². The Hall–Kier alpha value is -2.14. The zero-order valence-electron chi connectivity index (χ0n) is 11.8. The van der Waals surface area contributed by atoms with Crippen LogP contribution < -0.4 is 10.2 Å². The second kappa shape index (κ2) is 7.04. The third kappa shape index (κ3) is 4.16. The van der Waals surface area contributed by atoms with E-state index in [0.29, 0.717) is 11.3 Å². The Morgan fingerprint density at radius 3 is 2.57 bits per heavy atom. The minimum Gasteiger partial charge on any atom is -0.497 e. The molecule has 108 valence electrons. The van der Waals surface area contributed by atoms with Gasteiger partial charge in [0.2, 0.25) is 0 Å². The van der Waals surface area contributed by atoms with Crippen LogP contribution in [0.5, 0.6) is 5.75 Å². The monoisotopic (exact) mass is 346 g/mol. The van der Waals surface area contributed by atoms with Gasteiger partial charge in [-0.1, -0.05) is 34.1 Å². The average Bonchev–Trinajstić information content (AvgIpc) is 2.52. The highest BCUT2D eigenvalue weighted by molar-refractivity contribution is 9.10. The number of carbonyl (C=O) groups excluding carboxylic acids is 1. The van der Waals surface area contributed by atoms with Gasteiger partial charge in [0.25, 0.3) is 5.91 Å². The zero-order valence-corrected chi connectivity index (χ0v) is 13.3. The van der Waals surface area contributed by atoms with Crippen LogP contribution in [0.25, 0.3) is 0 Å². The van der Waals surface area contributed by atoms with Crippen LogP contribution in [0.1, 0.15) is 22.8 Å². The first-order valence-electron chi connectivity index (χ1n) is 6.35. The van der Waals surface area contributed by atoms with Gasteiger partial charge in [0.15, 0.2) is 0 Å². The van der Waals surface area contributed by atoms with E-state index in [1.807, 2.05) is 31.2 Å². The van der Waals surface area contributed by atoms with Gasteiger partial charge in [0.05, 0.1) is 12.8 Å². The molecule has 4 nitrogen and oxygen atoms in total. The summed E-state index contributed by atoms with van der Waals surface area (Å²) in [6, 6.07) is 14.7. The Morgan fingerprint density at radius 2 is 1.86 bits per heavy atom. The number of amides is 1. The molecule has 0 aliphatic carbocycles. The smallest absolute Gasteiger partial charge is 0.271 e. The number of halogens is 1. The van der Waals surface area contributed by atoms with E-state index in [-0.39, 0.29) is 5.91 Å². The number of hydrogen-bond acceptors (Lipinski definition) is 3. The molecule has 21 heavy (non-hydrogen) atoms. The number of nitrogens with zero attached hydrogens (tertiary/aromatic N) is 1. The van der Waals surface area contributed by atoms with Crippen molar-refractivity contribution in [2.75, 3.05) is 7.11 Å². The van der Waals surface area contributed by atoms with Crippen LogP contribution in [0.15, 0.2) is 58.1 Å². The number of hydrogen-bond donors (Lipinski definition) is 1. The predicted molar refractivity (Wildman–Crippen MR) is 86.8 cm³/mol. The number of nitrogens with one attached hydrogen (secondary N) is 1. The average molecular weight is 347 g/mol. The fourth-order valence-electron chi connectivity index (χ4n) is 1.74. The molecule has 0 atom stereocenters. The lowest BCUT2D eigenvalue weighted by atomic mass is 10.1. The predicted octanol–water partition coefficient (Wildman–Crippen LogP) is 3.61. The Bertz CT molecular complexity index is 683. The van der Waals surface area contributed by atoms with Crippen molar-refractivity contribution in [2.24, 2.45) is 5.10 Å². The summed E-state index contributed by atoms with van der Waals surface area (Å²) in [6.07, 6.45) is 0. The summed E-state index contributed by atoms with van der Waals surface area (Å²) in [5, 5.41) is 4.12. The van der Waals surface area contributed by atoms with E-state index in [4.69, 9.17) is 4.74 Å². The zero-order chi connectivity index (χ0) is 15.2. The van der Waals surface area contributed by atoms with Crippen molar-refractivity contribution in [1.82, 2.24) is 5.43 Å². The molecule has 5 heteroatoms. The van der Waals surface area contributed by atoms with E-state index in [0.717, 1.165) is 15.7 Å². The Balaban J connectivity index is 2.10. The molecule has 0 fully saturated rings. The first-order valence-corrected chi connectivity index (χ1v) is 7.14. The van der Waals surface area contributed by atoms with Crippen molar-refractivity contribution in [3.05, 3.63) is 64.1 Å². The summed E-state index contributed by atoms with van der Waals surface area (Å²) in [4.78, 5) is 12.0. The third-order valence-corrected chi connectivity index (χ3v) is 3.39. The van der Waals surface area contributed by atoms with Crippen LogP contribution in [-0.2, 0) is 0 Å². The fraction of sp³-hybridized carbons (Fsp3) is 0.125. The Labute approximate surface area is 132 Å². The van der Waals surface area contributed by atoms with E-state index in [9.17, 15) is 4.79 Å². The molecule has 0 spiro atoms. The number of carbonyl (C=O) groups is 1. The largest absolute Gasteiger partial charge is 0.497 e. The molecular weight excluding hydrogens is 332 g/mol. The van der Waals surface area contributed by atoms with E-state index >= 15 is 0 Å². The molecule has 0 unspecified atom stereocenters. The fourth-order valence-corrected chi connectivity index (χ4v) is 2.14. The summed E-state index contributed by atoms with van der Waals surface area (Å²) in [5.41, 5.74) is 4.72. The van der Waals surface area contributed by atoms with Gasteiger partial charge in [0.1, 0.15) is 5.75 Å². The maximum Gasteiger partial charge on any atom is 0.271 e.